The Bertz CT molecular complexity index is 474. The average molecular weight is 269 g/mol. The van der Waals surface area contributed by atoms with Gasteiger partial charge in [-0.15, -0.1) is 0 Å². The summed E-state index contributed by atoms with van der Waals surface area (Å²) in [6, 6.07) is 4.05. The zero-order valence-electron chi connectivity index (χ0n) is 10.8. The molecule has 1 aromatic rings. The SMILES string of the molecule is CC(C)Oc1ccc(NC(=O)CCC(=O)O)cc1F. The predicted octanol–water partition coefficient (Wildman–Crippen LogP) is 2.42. The fraction of sp³-hybridized carbons (Fsp3) is 0.385. The second-order valence-corrected chi connectivity index (χ2v) is 4.25. The van der Waals surface area contributed by atoms with E-state index in [-0.39, 0.29) is 30.4 Å². The lowest BCUT2D eigenvalue weighted by molar-refractivity contribution is -0.138. The molecular weight excluding hydrogens is 253 g/mol. The Labute approximate surface area is 110 Å². The van der Waals surface area contributed by atoms with E-state index in [1.54, 1.807) is 13.8 Å². The molecule has 0 bridgehead atoms. The van der Waals surface area contributed by atoms with Crippen LogP contribution in [0.15, 0.2) is 18.2 Å². The van der Waals surface area contributed by atoms with Gasteiger partial charge in [0.05, 0.1) is 12.5 Å². The molecule has 0 saturated carbocycles. The molecule has 104 valence electrons. The van der Waals surface area contributed by atoms with E-state index in [1.807, 2.05) is 0 Å². The van der Waals surface area contributed by atoms with Crippen molar-refractivity contribution in [2.75, 3.05) is 5.32 Å². The Morgan fingerprint density at radius 2 is 2.05 bits per heavy atom. The van der Waals surface area contributed by atoms with Gasteiger partial charge in [0.15, 0.2) is 11.6 Å². The highest BCUT2D eigenvalue weighted by Gasteiger charge is 2.09. The largest absolute Gasteiger partial charge is 0.488 e. The van der Waals surface area contributed by atoms with Crippen LogP contribution < -0.4 is 10.1 Å². The zero-order chi connectivity index (χ0) is 14.4. The molecule has 0 aliphatic heterocycles. The molecule has 1 rings (SSSR count). The number of carboxylic acids is 1. The number of rotatable bonds is 6. The van der Waals surface area contributed by atoms with E-state index >= 15 is 0 Å². The number of hydrogen-bond donors (Lipinski definition) is 2. The van der Waals surface area contributed by atoms with E-state index in [4.69, 9.17) is 9.84 Å². The van der Waals surface area contributed by atoms with E-state index in [2.05, 4.69) is 5.32 Å². The molecule has 2 N–H and O–H groups in total. The van der Waals surface area contributed by atoms with Crippen molar-refractivity contribution in [1.82, 2.24) is 0 Å². The van der Waals surface area contributed by atoms with Crippen LogP contribution in [0.3, 0.4) is 0 Å². The molecular formula is C13H16FNO4. The minimum Gasteiger partial charge on any atom is -0.488 e. The Balaban J connectivity index is 2.63. The van der Waals surface area contributed by atoms with E-state index in [1.165, 1.54) is 12.1 Å². The van der Waals surface area contributed by atoms with Crippen molar-refractivity contribution in [3.05, 3.63) is 24.0 Å². The van der Waals surface area contributed by atoms with Crippen LogP contribution in [-0.4, -0.2) is 23.1 Å². The number of nitrogens with one attached hydrogen (secondary N) is 1. The molecule has 0 atom stereocenters. The van der Waals surface area contributed by atoms with Crippen LogP contribution >= 0.6 is 0 Å². The number of carboxylic acid groups (broad SMARTS) is 1. The number of ether oxygens (including phenoxy) is 1. The average Bonchev–Trinajstić information content (AvgIpc) is 2.29. The number of halogens is 1. The lowest BCUT2D eigenvalue weighted by atomic mass is 10.2. The quantitative estimate of drug-likeness (QED) is 0.831. The number of aliphatic carboxylic acids is 1. The molecule has 1 aromatic carbocycles. The first-order chi connectivity index (χ1) is 8.88. The lowest BCUT2D eigenvalue weighted by Crippen LogP contribution is -2.13. The maximum absolute atomic E-state index is 13.6. The molecule has 0 unspecified atom stereocenters. The number of benzene rings is 1. The van der Waals surface area contributed by atoms with Gasteiger partial charge >= 0.3 is 5.97 Å². The molecule has 0 aliphatic rings. The molecule has 1 amide bonds. The van der Waals surface area contributed by atoms with Crippen LogP contribution in [0.25, 0.3) is 0 Å². The normalized spacial score (nSPS) is 10.3. The molecule has 19 heavy (non-hydrogen) atoms. The molecule has 0 saturated heterocycles. The first-order valence-corrected chi connectivity index (χ1v) is 5.86. The summed E-state index contributed by atoms with van der Waals surface area (Å²) in [5.74, 6) is -2.00. The third kappa shape index (κ3) is 5.37. The first-order valence-electron chi connectivity index (χ1n) is 5.86. The Morgan fingerprint density at radius 3 is 2.58 bits per heavy atom. The summed E-state index contributed by atoms with van der Waals surface area (Å²) in [5.41, 5.74) is 0.268. The van der Waals surface area contributed by atoms with Gasteiger partial charge in [-0.3, -0.25) is 9.59 Å². The van der Waals surface area contributed by atoms with Gasteiger partial charge in [-0.1, -0.05) is 0 Å². The van der Waals surface area contributed by atoms with Gasteiger partial charge in [0.2, 0.25) is 5.91 Å². The minimum atomic E-state index is -1.05. The maximum atomic E-state index is 13.6. The van der Waals surface area contributed by atoms with Gasteiger partial charge in [0, 0.05) is 18.2 Å². The van der Waals surface area contributed by atoms with Crippen LogP contribution in [0, 0.1) is 5.82 Å². The number of carbonyl (C=O) groups excluding carboxylic acids is 1. The number of hydrogen-bond acceptors (Lipinski definition) is 3. The fourth-order valence-electron chi connectivity index (χ4n) is 1.37. The van der Waals surface area contributed by atoms with Crippen molar-refractivity contribution < 1.29 is 23.8 Å². The Kier molecular flexibility index (Phi) is 5.29. The summed E-state index contributed by atoms with van der Waals surface area (Å²) in [6.07, 6.45) is -0.560. The van der Waals surface area contributed by atoms with E-state index < -0.39 is 17.7 Å². The van der Waals surface area contributed by atoms with Gasteiger partial charge in [-0.25, -0.2) is 4.39 Å². The summed E-state index contributed by atoms with van der Waals surface area (Å²) in [5, 5.41) is 10.9. The highest BCUT2D eigenvalue weighted by Crippen LogP contribution is 2.22. The highest BCUT2D eigenvalue weighted by molar-refractivity contribution is 5.92. The number of anilines is 1. The summed E-state index contributed by atoms with van der Waals surface area (Å²) in [4.78, 5) is 21.7. The molecule has 0 aliphatic carbocycles. The standard InChI is InChI=1S/C13H16FNO4/c1-8(2)19-11-4-3-9(7-10(11)14)15-12(16)5-6-13(17)18/h3-4,7-8H,5-6H2,1-2H3,(H,15,16)(H,17,18). The van der Waals surface area contributed by atoms with Crippen LogP contribution in [-0.2, 0) is 9.59 Å². The van der Waals surface area contributed by atoms with Crippen molar-refractivity contribution in [2.45, 2.75) is 32.8 Å². The van der Waals surface area contributed by atoms with Gasteiger partial charge < -0.3 is 15.2 Å². The molecule has 0 aromatic heterocycles. The predicted molar refractivity (Wildman–Crippen MR) is 67.7 cm³/mol. The second-order valence-electron chi connectivity index (χ2n) is 4.25. The summed E-state index contributed by atoms with van der Waals surface area (Å²) in [7, 11) is 0. The third-order valence-corrected chi connectivity index (χ3v) is 2.14. The highest BCUT2D eigenvalue weighted by atomic mass is 19.1. The van der Waals surface area contributed by atoms with Gasteiger partial charge in [-0.05, 0) is 26.0 Å². The van der Waals surface area contributed by atoms with Gasteiger partial charge in [0.1, 0.15) is 0 Å². The third-order valence-electron chi connectivity index (χ3n) is 2.14. The fourth-order valence-corrected chi connectivity index (χ4v) is 1.37. The number of carbonyl (C=O) groups is 2. The first kappa shape index (κ1) is 14.9. The van der Waals surface area contributed by atoms with Gasteiger partial charge in [0.25, 0.3) is 0 Å². The Hall–Kier alpha value is -2.11. The van der Waals surface area contributed by atoms with E-state index in [9.17, 15) is 14.0 Å². The van der Waals surface area contributed by atoms with Crippen molar-refractivity contribution in [3.63, 3.8) is 0 Å². The van der Waals surface area contributed by atoms with Crippen molar-refractivity contribution in [3.8, 4) is 5.75 Å². The van der Waals surface area contributed by atoms with Gasteiger partial charge in [-0.2, -0.15) is 0 Å². The molecule has 0 spiro atoms. The molecule has 0 radical (unpaired) electrons. The Morgan fingerprint density at radius 1 is 1.37 bits per heavy atom. The summed E-state index contributed by atoms with van der Waals surface area (Å²) >= 11 is 0. The van der Waals surface area contributed by atoms with E-state index in [0.717, 1.165) is 6.07 Å². The van der Waals surface area contributed by atoms with Crippen LogP contribution in [0.4, 0.5) is 10.1 Å². The summed E-state index contributed by atoms with van der Waals surface area (Å²) in [6.45, 7) is 3.56. The monoisotopic (exact) mass is 269 g/mol. The lowest BCUT2D eigenvalue weighted by Gasteiger charge is -2.11. The molecule has 5 nitrogen and oxygen atoms in total. The van der Waals surface area contributed by atoms with Crippen molar-refractivity contribution >= 4 is 17.6 Å². The van der Waals surface area contributed by atoms with Crippen molar-refractivity contribution in [2.24, 2.45) is 0 Å². The van der Waals surface area contributed by atoms with Crippen LogP contribution in [0.5, 0.6) is 5.75 Å². The molecule has 0 fully saturated rings. The second kappa shape index (κ2) is 6.72. The minimum absolute atomic E-state index is 0.110. The van der Waals surface area contributed by atoms with Crippen LogP contribution in [0.1, 0.15) is 26.7 Å². The zero-order valence-corrected chi connectivity index (χ0v) is 10.8. The topological polar surface area (TPSA) is 75.6 Å². The molecule has 6 heteroatoms. The maximum Gasteiger partial charge on any atom is 0.303 e. The number of amides is 1. The smallest absolute Gasteiger partial charge is 0.303 e. The summed E-state index contributed by atoms with van der Waals surface area (Å²) < 4.78 is 18.8. The van der Waals surface area contributed by atoms with Crippen LogP contribution in [0.2, 0.25) is 0 Å². The van der Waals surface area contributed by atoms with Crippen molar-refractivity contribution in [1.29, 1.82) is 0 Å². The van der Waals surface area contributed by atoms with E-state index in [0.29, 0.717) is 0 Å². The molecule has 0 heterocycles.